The molecule has 32 heavy (non-hydrogen) atoms. The van der Waals surface area contributed by atoms with E-state index >= 15 is 0 Å². The van der Waals surface area contributed by atoms with E-state index in [9.17, 15) is 8.42 Å². The molecule has 0 aliphatic heterocycles. The summed E-state index contributed by atoms with van der Waals surface area (Å²) >= 11 is 0. The van der Waals surface area contributed by atoms with Crippen molar-refractivity contribution in [3.05, 3.63) is 29.3 Å². The van der Waals surface area contributed by atoms with Crippen LogP contribution in [0.4, 0.5) is 0 Å². The summed E-state index contributed by atoms with van der Waals surface area (Å²) in [5.74, 6) is 3.45. The van der Waals surface area contributed by atoms with Crippen molar-refractivity contribution < 1.29 is 22.4 Å². The highest BCUT2D eigenvalue weighted by atomic mass is 32.2. The smallest absolute Gasteiger partial charge is 0.261 e. The van der Waals surface area contributed by atoms with Crippen molar-refractivity contribution in [3.63, 3.8) is 0 Å². The van der Waals surface area contributed by atoms with Gasteiger partial charge in [0.1, 0.15) is 5.75 Å². The Hall–Kier alpha value is -1.15. The number of nitrogens with zero attached hydrogens (tertiary/aromatic N) is 1. The third-order valence-electron chi connectivity index (χ3n) is 7.92. The van der Waals surface area contributed by atoms with Gasteiger partial charge in [-0.05, 0) is 112 Å². The predicted octanol–water partition coefficient (Wildman–Crippen LogP) is 4.39. The van der Waals surface area contributed by atoms with Crippen molar-refractivity contribution in [2.45, 2.75) is 63.9 Å². The summed E-state index contributed by atoms with van der Waals surface area (Å²) in [6, 6.07) is 6.81. The SMILES string of the molecule is COc1ccc2c(c1)CC[C@@H]1[C@@H]2CC[C@]2(C)[C@@H](OCCCN(C)C)CC[C@@H]12.CS(=O)(=O)O. The van der Waals surface area contributed by atoms with Gasteiger partial charge in [0.15, 0.2) is 0 Å². The molecule has 182 valence electrons. The first-order chi connectivity index (χ1) is 15.0. The molecule has 3 aliphatic rings. The zero-order valence-electron chi connectivity index (χ0n) is 20.3. The number of aryl methyl sites for hydroxylation is 1. The monoisotopic (exact) mass is 467 g/mol. The molecule has 0 radical (unpaired) electrons. The van der Waals surface area contributed by atoms with E-state index in [-0.39, 0.29) is 0 Å². The molecule has 1 aromatic rings. The Balaban J connectivity index is 0.000000523. The minimum atomic E-state index is -3.67. The van der Waals surface area contributed by atoms with E-state index in [4.69, 9.17) is 14.0 Å². The van der Waals surface area contributed by atoms with Gasteiger partial charge in [0, 0.05) is 6.61 Å². The van der Waals surface area contributed by atoms with Crippen LogP contribution in [0.3, 0.4) is 0 Å². The van der Waals surface area contributed by atoms with Gasteiger partial charge in [-0.1, -0.05) is 13.0 Å². The molecule has 0 saturated heterocycles. The molecule has 5 atom stereocenters. The zero-order chi connectivity index (χ0) is 23.5. The lowest BCUT2D eigenvalue weighted by Gasteiger charge is -2.50. The van der Waals surface area contributed by atoms with Crippen LogP contribution in [-0.4, -0.2) is 64.6 Å². The summed E-state index contributed by atoms with van der Waals surface area (Å²) in [5.41, 5.74) is 3.54. The first-order valence-corrected chi connectivity index (χ1v) is 13.7. The first kappa shape index (κ1) is 25.5. The molecule has 1 N–H and O–H groups in total. The summed E-state index contributed by atoms with van der Waals surface area (Å²) in [4.78, 5) is 2.25. The molecule has 0 amide bonds. The summed E-state index contributed by atoms with van der Waals surface area (Å²) in [6.07, 6.45) is 10.2. The molecule has 0 spiro atoms. The van der Waals surface area contributed by atoms with E-state index in [1.165, 1.54) is 44.1 Å². The number of methoxy groups -OCH3 is 1. The molecule has 0 bridgehead atoms. The highest BCUT2D eigenvalue weighted by molar-refractivity contribution is 7.85. The van der Waals surface area contributed by atoms with Crippen molar-refractivity contribution in [1.82, 2.24) is 4.90 Å². The van der Waals surface area contributed by atoms with Gasteiger partial charge in [0.05, 0.1) is 19.5 Å². The third-order valence-corrected chi connectivity index (χ3v) is 7.92. The summed E-state index contributed by atoms with van der Waals surface area (Å²) in [7, 11) is 2.39. The van der Waals surface area contributed by atoms with E-state index in [0.717, 1.165) is 43.1 Å². The van der Waals surface area contributed by atoms with E-state index in [0.29, 0.717) is 17.8 Å². The fourth-order valence-corrected chi connectivity index (χ4v) is 6.52. The van der Waals surface area contributed by atoms with Gasteiger partial charge in [-0.3, -0.25) is 4.55 Å². The van der Waals surface area contributed by atoms with E-state index in [2.05, 4.69) is 44.1 Å². The standard InChI is InChI=1S/C24H37NO2.CH4O3S/c1-24-13-12-20-19-9-7-18(26-4)16-17(19)6-8-21(20)22(24)10-11-23(24)27-15-5-14-25(2)3;1-5(2,3)4/h7,9,16,20-23H,5-6,8,10-15H2,1-4H3;1H3,(H,2,3,4)/t20-,21-,22+,23+,24+;/m1./s1. The molecular weight excluding hydrogens is 426 g/mol. The van der Waals surface area contributed by atoms with E-state index < -0.39 is 10.1 Å². The fraction of sp³-hybridized carbons (Fsp3) is 0.760. The lowest BCUT2D eigenvalue weighted by Crippen LogP contribution is -2.44. The zero-order valence-corrected chi connectivity index (χ0v) is 21.2. The van der Waals surface area contributed by atoms with Crippen LogP contribution < -0.4 is 4.74 Å². The number of hydrogen-bond donors (Lipinski definition) is 1. The topological polar surface area (TPSA) is 76.1 Å². The quantitative estimate of drug-likeness (QED) is 0.494. The number of fused-ring (bicyclic) bond motifs is 5. The summed E-state index contributed by atoms with van der Waals surface area (Å²) < 4.78 is 37.8. The average molecular weight is 468 g/mol. The Kier molecular flexibility index (Phi) is 8.29. The second-order valence-electron chi connectivity index (χ2n) is 10.4. The van der Waals surface area contributed by atoms with Gasteiger partial charge in [-0.2, -0.15) is 8.42 Å². The van der Waals surface area contributed by atoms with Crippen molar-refractivity contribution in [2.75, 3.05) is 40.6 Å². The molecular formula is C25H41NO5S. The second-order valence-corrected chi connectivity index (χ2v) is 11.8. The van der Waals surface area contributed by atoms with Crippen molar-refractivity contribution in [1.29, 1.82) is 0 Å². The van der Waals surface area contributed by atoms with Gasteiger partial charge >= 0.3 is 0 Å². The second kappa shape index (κ2) is 10.4. The van der Waals surface area contributed by atoms with Crippen LogP contribution in [0.15, 0.2) is 18.2 Å². The third kappa shape index (κ3) is 6.04. The first-order valence-electron chi connectivity index (χ1n) is 11.9. The fourth-order valence-electron chi connectivity index (χ4n) is 6.52. The Bertz CT molecular complexity index is 863. The largest absolute Gasteiger partial charge is 0.497 e. The Labute approximate surface area is 194 Å². The number of benzene rings is 1. The maximum Gasteiger partial charge on any atom is 0.261 e. The number of hydrogen-bond acceptors (Lipinski definition) is 5. The normalized spacial score (nSPS) is 31.2. The maximum atomic E-state index is 9.19. The van der Waals surface area contributed by atoms with Crippen LogP contribution in [0, 0.1) is 17.3 Å². The molecule has 0 unspecified atom stereocenters. The van der Waals surface area contributed by atoms with Crippen LogP contribution in [0.1, 0.15) is 62.5 Å². The van der Waals surface area contributed by atoms with Gasteiger partial charge in [0.2, 0.25) is 0 Å². The van der Waals surface area contributed by atoms with Gasteiger partial charge in [0.25, 0.3) is 10.1 Å². The molecule has 0 aromatic heterocycles. The van der Waals surface area contributed by atoms with Gasteiger partial charge < -0.3 is 14.4 Å². The van der Waals surface area contributed by atoms with E-state index in [1.54, 1.807) is 12.7 Å². The van der Waals surface area contributed by atoms with Crippen molar-refractivity contribution in [3.8, 4) is 5.75 Å². The van der Waals surface area contributed by atoms with Crippen LogP contribution in [0.5, 0.6) is 5.75 Å². The predicted molar refractivity (Wildman–Crippen MR) is 128 cm³/mol. The van der Waals surface area contributed by atoms with Crippen molar-refractivity contribution in [2.24, 2.45) is 17.3 Å². The molecule has 7 heteroatoms. The average Bonchev–Trinajstić information content (AvgIpc) is 3.05. The van der Waals surface area contributed by atoms with Crippen LogP contribution in [0.2, 0.25) is 0 Å². The maximum absolute atomic E-state index is 9.19. The Morgan fingerprint density at radius 1 is 1.19 bits per heavy atom. The van der Waals surface area contributed by atoms with Gasteiger partial charge in [-0.15, -0.1) is 0 Å². The highest BCUT2D eigenvalue weighted by Crippen LogP contribution is 2.61. The minimum absolute atomic E-state index is 0.392. The molecule has 0 heterocycles. The summed E-state index contributed by atoms with van der Waals surface area (Å²) in [6.45, 7) is 4.58. The van der Waals surface area contributed by atoms with Gasteiger partial charge in [-0.25, -0.2) is 0 Å². The lowest BCUT2D eigenvalue weighted by molar-refractivity contribution is -0.0650. The van der Waals surface area contributed by atoms with E-state index in [1.807, 2.05) is 0 Å². The van der Waals surface area contributed by atoms with Crippen LogP contribution in [-0.2, 0) is 21.3 Å². The Morgan fingerprint density at radius 3 is 2.56 bits per heavy atom. The number of rotatable bonds is 6. The number of ether oxygens (including phenoxy) is 2. The molecule has 4 rings (SSSR count). The minimum Gasteiger partial charge on any atom is -0.497 e. The summed E-state index contributed by atoms with van der Waals surface area (Å²) in [5, 5.41) is 0. The molecule has 6 nitrogen and oxygen atoms in total. The van der Waals surface area contributed by atoms with Crippen LogP contribution in [0.25, 0.3) is 0 Å². The Morgan fingerprint density at radius 2 is 1.91 bits per heavy atom. The van der Waals surface area contributed by atoms with Crippen molar-refractivity contribution >= 4 is 10.1 Å². The molecule has 1 aromatic carbocycles. The van der Waals surface area contributed by atoms with Crippen LogP contribution >= 0.6 is 0 Å². The molecule has 2 saturated carbocycles. The molecule has 3 aliphatic carbocycles. The lowest BCUT2D eigenvalue weighted by atomic mass is 9.55. The highest BCUT2D eigenvalue weighted by Gasteiger charge is 2.55. The molecule has 2 fully saturated rings.